The van der Waals surface area contributed by atoms with Crippen molar-refractivity contribution < 1.29 is 18.0 Å². The molecule has 180 valence electrons. The predicted molar refractivity (Wildman–Crippen MR) is 131 cm³/mol. The maximum absolute atomic E-state index is 13.6. The van der Waals surface area contributed by atoms with Gasteiger partial charge in [-0.2, -0.15) is 26.7 Å². The molecule has 1 fully saturated rings. The highest BCUT2D eigenvalue weighted by atomic mass is 35.5. The molecule has 4 rings (SSSR count). The van der Waals surface area contributed by atoms with Crippen LogP contribution in [0.3, 0.4) is 0 Å². The Morgan fingerprint density at radius 2 is 2.00 bits per heavy atom. The van der Waals surface area contributed by atoms with Gasteiger partial charge in [0.1, 0.15) is 18.0 Å². The summed E-state index contributed by atoms with van der Waals surface area (Å²) in [6.07, 6.45) is -2.01. The zero-order chi connectivity index (χ0) is 23.9. The number of piperazine rings is 1. The van der Waals surface area contributed by atoms with Crippen LogP contribution < -0.4 is 10.6 Å². The van der Waals surface area contributed by atoms with Crippen molar-refractivity contribution in [3.05, 3.63) is 53.8 Å². The molecule has 0 unspecified atom stereocenters. The van der Waals surface area contributed by atoms with E-state index in [0.29, 0.717) is 36.4 Å². The summed E-state index contributed by atoms with van der Waals surface area (Å²) in [7, 11) is 0. The average molecular weight is 511 g/mol. The molecule has 0 radical (unpaired) electrons. The standard InChI is InChI=1S/C22H20ClF3N6O.H2S/c1-3-19(33)31-6-7-32(12(2)10-31)21-14-8-16(23)13(9-17(14)28-11-29-21)20-15(22(24,25)26)4-5-18(27)30-20;/h3-5,8-9,11-12H,1,6-7,10H2,2H3,(H2,27,30);1H2/t12-;/m0./s1. The number of carbonyl (C=O) groups excluding carboxylic acids is 1. The van der Waals surface area contributed by atoms with Gasteiger partial charge in [0.25, 0.3) is 0 Å². The summed E-state index contributed by atoms with van der Waals surface area (Å²) >= 11 is 6.46. The summed E-state index contributed by atoms with van der Waals surface area (Å²) in [5, 5.41) is 0.648. The van der Waals surface area contributed by atoms with Crippen LogP contribution in [0.5, 0.6) is 0 Å². The molecule has 1 aromatic carbocycles. The van der Waals surface area contributed by atoms with E-state index >= 15 is 0 Å². The molecule has 3 heterocycles. The molecule has 0 bridgehead atoms. The number of fused-ring (bicyclic) bond motifs is 1. The fraction of sp³-hybridized carbons (Fsp3) is 0.273. The number of benzene rings is 1. The minimum Gasteiger partial charge on any atom is -0.384 e. The first-order valence-electron chi connectivity index (χ1n) is 10.1. The summed E-state index contributed by atoms with van der Waals surface area (Å²) < 4.78 is 40.8. The average Bonchev–Trinajstić information content (AvgIpc) is 2.77. The van der Waals surface area contributed by atoms with Gasteiger partial charge in [0, 0.05) is 36.6 Å². The normalized spacial score (nSPS) is 16.3. The third kappa shape index (κ3) is 4.76. The van der Waals surface area contributed by atoms with Gasteiger partial charge in [-0.3, -0.25) is 4.79 Å². The molecule has 3 aromatic rings. The van der Waals surface area contributed by atoms with E-state index in [1.165, 1.54) is 18.5 Å². The van der Waals surface area contributed by atoms with Crippen LogP contribution in [-0.2, 0) is 11.0 Å². The molecule has 1 atom stereocenters. The number of pyridine rings is 1. The van der Waals surface area contributed by atoms with Gasteiger partial charge in [-0.05, 0) is 37.3 Å². The Kier molecular flexibility index (Phi) is 7.27. The first-order valence-corrected chi connectivity index (χ1v) is 10.4. The second-order valence-electron chi connectivity index (χ2n) is 7.71. The molecule has 7 nitrogen and oxygen atoms in total. The van der Waals surface area contributed by atoms with Crippen molar-refractivity contribution in [1.82, 2.24) is 19.9 Å². The third-order valence-electron chi connectivity index (χ3n) is 5.57. The van der Waals surface area contributed by atoms with Gasteiger partial charge < -0.3 is 15.5 Å². The number of nitrogens with two attached hydrogens (primary N) is 1. The first-order chi connectivity index (χ1) is 15.6. The molecule has 0 spiro atoms. The van der Waals surface area contributed by atoms with Crippen molar-refractivity contribution in [2.75, 3.05) is 30.3 Å². The summed E-state index contributed by atoms with van der Waals surface area (Å²) in [5.74, 6) is 0.387. The number of hydrogen-bond donors (Lipinski definition) is 1. The minimum atomic E-state index is -4.64. The van der Waals surface area contributed by atoms with Gasteiger partial charge in [0.15, 0.2) is 0 Å². The van der Waals surface area contributed by atoms with Crippen molar-refractivity contribution >= 4 is 53.5 Å². The monoisotopic (exact) mass is 510 g/mol. The summed E-state index contributed by atoms with van der Waals surface area (Å²) in [5.41, 5.74) is 4.84. The van der Waals surface area contributed by atoms with Crippen LogP contribution in [0.1, 0.15) is 12.5 Å². The van der Waals surface area contributed by atoms with Gasteiger partial charge >= 0.3 is 6.18 Å². The first kappa shape index (κ1) is 25.6. The SMILES string of the molecule is C=CC(=O)N1CCN(c2ncnc3cc(-c4nc(N)ccc4C(F)(F)F)c(Cl)cc23)[C@@H](C)C1.S. The maximum atomic E-state index is 13.6. The predicted octanol–water partition coefficient (Wildman–Crippen LogP) is 4.28. The van der Waals surface area contributed by atoms with Gasteiger partial charge in [-0.1, -0.05) is 18.2 Å². The molecule has 1 aliphatic rings. The highest BCUT2D eigenvalue weighted by molar-refractivity contribution is 7.59. The van der Waals surface area contributed by atoms with Gasteiger partial charge in [0.05, 0.1) is 21.8 Å². The lowest BCUT2D eigenvalue weighted by Gasteiger charge is -2.40. The van der Waals surface area contributed by atoms with Crippen molar-refractivity contribution in [3.8, 4) is 11.3 Å². The van der Waals surface area contributed by atoms with E-state index in [-0.39, 0.29) is 47.5 Å². The third-order valence-corrected chi connectivity index (χ3v) is 5.88. The van der Waals surface area contributed by atoms with E-state index in [0.717, 1.165) is 12.1 Å². The van der Waals surface area contributed by atoms with E-state index in [4.69, 9.17) is 17.3 Å². The number of hydrogen-bond acceptors (Lipinski definition) is 6. The van der Waals surface area contributed by atoms with Crippen LogP contribution in [0.4, 0.5) is 24.8 Å². The molecule has 1 aliphatic heterocycles. The number of aromatic nitrogens is 3. The molecular formula is C22H22ClF3N6OS. The zero-order valence-electron chi connectivity index (χ0n) is 18.1. The van der Waals surface area contributed by atoms with Crippen LogP contribution >= 0.6 is 25.1 Å². The second kappa shape index (κ2) is 9.67. The summed E-state index contributed by atoms with van der Waals surface area (Å²) in [6, 6.07) is 4.92. The second-order valence-corrected chi connectivity index (χ2v) is 8.11. The molecule has 12 heteroatoms. The van der Waals surface area contributed by atoms with E-state index in [9.17, 15) is 18.0 Å². The Morgan fingerprint density at radius 1 is 1.26 bits per heavy atom. The summed E-state index contributed by atoms with van der Waals surface area (Å²) in [6.45, 7) is 6.95. The van der Waals surface area contributed by atoms with Crippen molar-refractivity contribution in [2.24, 2.45) is 0 Å². The number of nitrogens with zero attached hydrogens (tertiary/aromatic N) is 5. The Bertz CT molecular complexity index is 1260. The molecule has 0 aliphatic carbocycles. The van der Waals surface area contributed by atoms with Gasteiger partial charge in [0.2, 0.25) is 5.91 Å². The van der Waals surface area contributed by atoms with Crippen LogP contribution in [-0.4, -0.2) is 51.4 Å². The maximum Gasteiger partial charge on any atom is 0.418 e. The number of carbonyl (C=O) groups is 1. The van der Waals surface area contributed by atoms with Crippen molar-refractivity contribution in [3.63, 3.8) is 0 Å². The Labute approximate surface area is 205 Å². The molecule has 0 saturated carbocycles. The fourth-order valence-corrected chi connectivity index (χ4v) is 4.24. The number of nitrogen functional groups attached to an aromatic ring is 1. The molecule has 1 amide bonds. The molecule has 2 aromatic heterocycles. The lowest BCUT2D eigenvalue weighted by Crippen LogP contribution is -2.53. The van der Waals surface area contributed by atoms with Gasteiger partial charge in [-0.15, -0.1) is 0 Å². The number of rotatable bonds is 3. The van der Waals surface area contributed by atoms with E-state index in [2.05, 4.69) is 21.5 Å². The Hall–Kier alpha value is -3.05. The number of anilines is 2. The lowest BCUT2D eigenvalue weighted by molar-refractivity contribution is -0.137. The van der Waals surface area contributed by atoms with Crippen molar-refractivity contribution in [2.45, 2.75) is 19.1 Å². The topological polar surface area (TPSA) is 88.2 Å². The highest BCUT2D eigenvalue weighted by Crippen LogP contribution is 2.41. The smallest absolute Gasteiger partial charge is 0.384 e. The largest absolute Gasteiger partial charge is 0.418 e. The van der Waals surface area contributed by atoms with E-state index < -0.39 is 11.7 Å². The van der Waals surface area contributed by atoms with Crippen LogP contribution in [0, 0.1) is 0 Å². The molecule has 34 heavy (non-hydrogen) atoms. The highest BCUT2D eigenvalue weighted by Gasteiger charge is 2.35. The van der Waals surface area contributed by atoms with Crippen LogP contribution in [0.15, 0.2) is 43.2 Å². The molecular weight excluding hydrogens is 489 g/mol. The number of alkyl halides is 3. The quantitative estimate of drug-likeness (QED) is 0.529. The Balaban J connectivity index is 0.00000324. The van der Waals surface area contributed by atoms with Crippen LogP contribution in [0.25, 0.3) is 22.2 Å². The zero-order valence-corrected chi connectivity index (χ0v) is 19.9. The fourth-order valence-electron chi connectivity index (χ4n) is 3.98. The van der Waals surface area contributed by atoms with Crippen LogP contribution in [0.2, 0.25) is 5.02 Å². The number of amides is 1. The molecule has 1 saturated heterocycles. The molecule has 2 N–H and O–H groups in total. The van der Waals surface area contributed by atoms with Crippen molar-refractivity contribution in [1.29, 1.82) is 0 Å². The minimum absolute atomic E-state index is 0. The van der Waals surface area contributed by atoms with E-state index in [1.54, 1.807) is 11.0 Å². The lowest BCUT2D eigenvalue weighted by atomic mass is 10.0. The number of halogens is 4. The Morgan fingerprint density at radius 3 is 2.65 bits per heavy atom. The van der Waals surface area contributed by atoms with E-state index in [1.807, 2.05) is 11.8 Å². The van der Waals surface area contributed by atoms with Gasteiger partial charge in [-0.25, -0.2) is 15.0 Å². The summed E-state index contributed by atoms with van der Waals surface area (Å²) in [4.78, 5) is 28.2.